The molecule has 1 N–H and O–H groups in total. The minimum atomic E-state index is -0.714. The first-order valence-electron chi connectivity index (χ1n) is 4.28. The molecule has 5 nitrogen and oxygen atoms in total. The predicted molar refractivity (Wildman–Crippen MR) is 50.8 cm³/mol. The molecule has 2 heterocycles. The molecule has 0 bridgehead atoms. The minimum Gasteiger partial charge on any atom is -0.306 e. The molecule has 1 amide bonds. The minimum absolute atomic E-state index is 0.125. The number of carbonyl (C=O) groups is 1. The zero-order chi connectivity index (χ0) is 10.2. The number of amidine groups is 1. The van der Waals surface area contributed by atoms with E-state index in [-0.39, 0.29) is 5.91 Å². The molecule has 72 valence electrons. The van der Waals surface area contributed by atoms with Crippen LogP contribution in [0.25, 0.3) is 0 Å². The SMILES string of the molecule is CC1(C)N=C(c2ncccn2)NC1=O. The van der Waals surface area contributed by atoms with Crippen LogP contribution >= 0.6 is 0 Å². The van der Waals surface area contributed by atoms with Crippen LogP contribution in [0, 0.1) is 0 Å². The summed E-state index contributed by atoms with van der Waals surface area (Å²) in [5.41, 5.74) is -0.714. The van der Waals surface area contributed by atoms with Gasteiger partial charge in [0.2, 0.25) is 0 Å². The fourth-order valence-electron chi connectivity index (χ4n) is 1.15. The summed E-state index contributed by atoms with van der Waals surface area (Å²) in [5.74, 6) is 0.770. The quantitative estimate of drug-likeness (QED) is 0.684. The Morgan fingerprint density at radius 1 is 1.29 bits per heavy atom. The summed E-state index contributed by atoms with van der Waals surface area (Å²) < 4.78 is 0. The summed E-state index contributed by atoms with van der Waals surface area (Å²) in [6.45, 7) is 3.50. The van der Waals surface area contributed by atoms with Gasteiger partial charge < -0.3 is 5.32 Å². The molecule has 14 heavy (non-hydrogen) atoms. The number of nitrogens with one attached hydrogen (secondary N) is 1. The third-order valence-corrected chi connectivity index (χ3v) is 1.96. The van der Waals surface area contributed by atoms with Gasteiger partial charge in [0.1, 0.15) is 5.54 Å². The largest absolute Gasteiger partial charge is 0.306 e. The molecule has 0 saturated heterocycles. The van der Waals surface area contributed by atoms with Gasteiger partial charge in [0.25, 0.3) is 5.91 Å². The highest BCUT2D eigenvalue weighted by atomic mass is 16.2. The van der Waals surface area contributed by atoms with Crippen LogP contribution < -0.4 is 5.32 Å². The van der Waals surface area contributed by atoms with E-state index in [0.717, 1.165) is 0 Å². The van der Waals surface area contributed by atoms with Gasteiger partial charge in [0.15, 0.2) is 11.7 Å². The van der Waals surface area contributed by atoms with Gasteiger partial charge >= 0.3 is 0 Å². The highest BCUT2D eigenvalue weighted by Gasteiger charge is 2.35. The van der Waals surface area contributed by atoms with Crippen molar-refractivity contribution in [3.05, 3.63) is 24.3 Å². The lowest BCUT2D eigenvalue weighted by molar-refractivity contribution is -0.122. The molecule has 0 aliphatic carbocycles. The van der Waals surface area contributed by atoms with Crippen molar-refractivity contribution in [1.82, 2.24) is 15.3 Å². The van der Waals surface area contributed by atoms with E-state index in [0.29, 0.717) is 11.7 Å². The summed E-state index contributed by atoms with van der Waals surface area (Å²) in [5, 5.41) is 2.65. The molecule has 0 radical (unpaired) electrons. The average Bonchev–Trinajstić information content (AvgIpc) is 2.43. The predicted octanol–water partition coefficient (Wildman–Crippen LogP) is 0.132. The zero-order valence-electron chi connectivity index (χ0n) is 7.98. The van der Waals surface area contributed by atoms with Crippen molar-refractivity contribution in [2.24, 2.45) is 4.99 Å². The van der Waals surface area contributed by atoms with Gasteiger partial charge in [-0.2, -0.15) is 0 Å². The van der Waals surface area contributed by atoms with Crippen LogP contribution in [-0.2, 0) is 4.79 Å². The van der Waals surface area contributed by atoms with Crippen molar-refractivity contribution in [3.63, 3.8) is 0 Å². The first kappa shape index (κ1) is 8.80. The molecule has 5 heteroatoms. The van der Waals surface area contributed by atoms with Crippen molar-refractivity contribution in [2.75, 3.05) is 0 Å². The molecule has 1 aromatic heterocycles. The third-order valence-electron chi connectivity index (χ3n) is 1.96. The van der Waals surface area contributed by atoms with Crippen molar-refractivity contribution in [1.29, 1.82) is 0 Å². The maximum absolute atomic E-state index is 11.4. The molecular weight excluding hydrogens is 180 g/mol. The van der Waals surface area contributed by atoms with Gasteiger partial charge in [-0.15, -0.1) is 0 Å². The second-order valence-corrected chi connectivity index (χ2v) is 3.55. The normalized spacial score (nSPS) is 19.0. The molecule has 0 unspecified atom stereocenters. The smallest absolute Gasteiger partial charge is 0.253 e. The van der Waals surface area contributed by atoms with Gasteiger partial charge in [0, 0.05) is 12.4 Å². The third kappa shape index (κ3) is 1.37. The molecule has 0 spiro atoms. The number of aromatic nitrogens is 2. The second-order valence-electron chi connectivity index (χ2n) is 3.55. The topological polar surface area (TPSA) is 67.2 Å². The maximum Gasteiger partial charge on any atom is 0.253 e. The highest BCUT2D eigenvalue weighted by Crippen LogP contribution is 2.15. The standard InChI is InChI=1S/C9H10N4O/c1-9(2)8(14)12-7(13-9)6-10-4-3-5-11-6/h3-5H,1-2H3,(H,12,13,14). The Morgan fingerprint density at radius 3 is 2.43 bits per heavy atom. The lowest BCUT2D eigenvalue weighted by atomic mass is 10.1. The molecule has 1 aromatic rings. The number of aliphatic imine (C=N–C) groups is 1. The summed E-state index contributed by atoms with van der Waals surface area (Å²) in [6.07, 6.45) is 3.23. The summed E-state index contributed by atoms with van der Waals surface area (Å²) in [7, 11) is 0. The Balaban J connectivity index is 2.36. The van der Waals surface area contributed by atoms with E-state index in [2.05, 4.69) is 20.3 Å². The number of hydrogen-bond donors (Lipinski definition) is 1. The Bertz CT molecular complexity index is 397. The first-order chi connectivity index (χ1) is 6.59. The van der Waals surface area contributed by atoms with Gasteiger partial charge in [-0.05, 0) is 19.9 Å². The Kier molecular flexibility index (Phi) is 1.80. The van der Waals surface area contributed by atoms with Crippen molar-refractivity contribution in [2.45, 2.75) is 19.4 Å². The van der Waals surface area contributed by atoms with Crippen LogP contribution in [0.5, 0.6) is 0 Å². The van der Waals surface area contributed by atoms with Crippen molar-refractivity contribution >= 4 is 11.7 Å². The number of nitrogens with zero attached hydrogens (tertiary/aromatic N) is 3. The van der Waals surface area contributed by atoms with Gasteiger partial charge in [-0.25, -0.2) is 15.0 Å². The monoisotopic (exact) mass is 190 g/mol. The fraction of sp³-hybridized carbons (Fsp3) is 0.333. The lowest BCUT2D eigenvalue weighted by Crippen LogP contribution is -2.35. The summed E-state index contributed by atoms with van der Waals surface area (Å²) >= 11 is 0. The van der Waals surface area contributed by atoms with Crippen LogP contribution in [0.2, 0.25) is 0 Å². The molecule has 0 atom stereocenters. The zero-order valence-corrected chi connectivity index (χ0v) is 7.98. The molecule has 0 aromatic carbocycles. The van der Waals surface area contributed by atoms with Crippen molar-refractivity contribution < 1.29 is 4.79 Å². The van der Waals surface area contributed by atoms with E-state index in [1.54, 1.807) is 32.3 Å². The second kappa shape index (κ2) is 2.87. The van der Waals surface area contributed by atoms with Crippen LogP contribution in [0.3, 0.4) is 0 Å². The number of hydrogen-bond acceptors (Lipinski definition) is 4. The van der Waals surface area contributed by atoms with Crippen LogP contribution in [0.15, 0.2) is 23.5 Å². The molecule has 0 fully saturated rings. The maximum atomic E-state index is 11.4. The summed E-state index contributed by atoms with van der Waals surface area (Å²) in [6, 6.07) is 1.71. The van der Waals surface area contributed by atoms with E-state index in [1.807, 2.05) is 0 Å². The van der Waals surface area contributed by atoms with E-state index < -0.39 is 5.54 Å². The van der Waals surface area contributed by atoms with E-state index in [4.69, 9.17) is 0 Å². The van der Waals surface area contributed by atoms with Gasteiger partial charge in [0.05, 0.1) is 0 Å². The number of carbonyl (C=O) groups excluding carboxylic acids is 1. The lowest BCUT2D eigenvalue weighted by Gasteiger charge is -2.07. The van der Waals surface area contributed by atoms with Gasteiger partial charge in [-0.3, -0.25) is 4.79 Å². The van der Waals surface area contributed by atoms with E-state index in [1.165, 1.54) is 0 Å². The van der Waals surface area contributed by atoms with Crippen LogP contribution in [0.4, 0.5) is 0 Å². The number of rotatable bonds is 1. The molecule has 0 saturated carbocycles. The van der Waals surface area contributed by atoms with Crippen LogP contribution in [0.1, 0.15) is 19.7 Å². The van der Waals surface area contributed by atoms with Crippen molar-refractivity contribution in [3.8, 4) is 0 Å². The average molecular weight is 190 g/mol. The highest BCUT2D eigenvalue weighted by molar-refractivity contribution is 6.13. The first-order valence-corrected chi connectivity index (χ1v) is 4.28. The number of amides is 1. The Hall–Kier alpha value is -1.78. The Morgan fingerprint density at radius 2 is 1.93 bits per heavy atom. The summed E-state index contributed by atoms with van der Waals surface area (Å²) in [4.78, 5) is 23.6. The molecular formula is C9H10N4O. The molecule has 1 aliphatic heterocycles. The molecule has 2 rings (SSSR count). The van der Waals surface area contributed by atoms with Crippen LogP contribution in [-0.4, -0.2) is 27.2 Å². The molecule has 1 aliphatic rings. The Labute approximate surface area is 81.3 Å². The fourth-order valence-corrected chi connectivity index (χ4v) is 1.15. The van der Waals surface area contributed by atoms with Gasteiger partial charge in [-0.1, -0.05) is 0 Å². The van der Waals surface area contributed by atoms with E-state index >= 15 is 0 Å². The van der Waals surface area contributed by atoms with E-state index in [9.17, 15) is 4.79 Å².